The number of halogens is 3. The minimum absolute atomic E-state index is 0.155. The van der Waals surface area contributed by atoms with Crippen molar-refractivity contribution in [2.75, 3.05) is 6.54 Å². The van der Waals surface area contributed by atoms with E-state index >= 15 is 0 Å². The summed E-state index contributed by atoms with van der Waals surface area (Å²) in [4.78, 5) is 4.21. The number of nitrogens with one attached hydrogen (secondary N) is 1. The lowest BCUT2D eigenvalue weighted by molar-refractivity contribution is 0.530. The van der Waals surface area contributed by atoms with Gasteiger partial charge in [-0.15, -0.1) is 11.3 Å². The molecular weight excluding hydrogens is 379 g/mol. The molecule has 1 atom stereocenters. The van der Waals surface area contributed by atoms with E-state index in [0.29, 0.717) is 0 Å². The van der Waals surface area contributed by atoms with Crippen LogP contribution in [0.15, 0.2) is 29.0 Å². The Kier molecular flexibility index (Phi) is 6.30. The monoisotopic (exact) mass is 392 g/mol. The number of nitrogens with zero attached hydrogens (tertiary/aromatic N) is 1. The smallest absolute Gasteiger partial charge is 0.0992 e. The van der Waals surface area contributed by atoms with Crippen molar-refractivity contribution in [3.05, 3.63) is 48.8 Å². The summed E-state index contributed by atoms with van der Waals surface area (Å²) >= 11 is 17.2. The minimum atomic E-state index is 0.155. The lowest BCUT2D eigenvalue weighted by atomic mass is 10.0. The van der Waals surface area contributed by atoms with Crippen molar-refractivity contribution in [1.29, 1.82) is 0 Å². The van der Waals surface area contributed by atoms with E-state index in [0.717, 1.165) is 43.7 Å². The summed E-state index contributed by atoms with van der Waals surface area (Å²) in [5, 5.41) is 3.53. The Balaban J connectivity index is 2.21. The van der Waals surface area contributed by atoms with Crippen molar-refractivity contribution in [2.24, 2.45) is 0 Å². The zero-order valence-corrected chi connectivity index (χ0v) is 14.9. The second-order valence-corrected chi connectivity index (χ2v) is 7.70. The van der Waals surface area contributed by atoms with Crippen molar-refractivity contribution in [1.82, 2.24) is 10.3 Å². The van der Waals surface area contributed by atoms with Crippen LogP contribution >= 0.6 is 50.5 Å². The lowest BCUT2D eigenvalue weighted by Crippen LogP contribution is -2.24. The van der Waals surface area contributed by atoms with Gasteiger partial charge in [0.2, 0.25) is 0 Å². The summed E-state index contributed by atoms with van der Waals surface area (Å²) in [5.74, 6) is 0. The van der Waals surface area contributed by atoms with Crippen molar-refractivity contribution in [3.63, 3.8) is 0 Å². The molecule has 0 saturated heterocycles. The molecule has 1 unspecified atom stereocenters. The van der Waals surface area contributed by atoms with E-state index < -0.39 is 0 Å². The van der Waals surface area contributed by atoms with Gasteiger partial charge in [0.25, 0.3) is 0 Å². The molecule has 0 radical (unpaired) electrons. The van der Waals surface area contributed by atoms with Crippen molar-refractivity contribution >= 4 is 50.5 Å². The number of pyridine rings is 1. The first-order chi connectivity index (χ1) is 9.60. The molecule has 2 aromatic rings. The van der Waals surface area contributed by atoms with Gasteiger partial charge in [-0.1, -0.05) is 30.1 Å². The van der Waals surface area contributed by atoms with E-state index in [1.165, 1.54) is 11.3 Å². The molecule has 2 nitrogen and oxygen atoms in total. The van der Waals surface area contributed by atoms with Crippen molar-refractivity contribution < 1.29 is 0 Å². The third-order valence-corrected chi connectivity index (χ3v) is 4.85. The molecular formula is C14H15BrCl2N2S. The SMILES string of the molecule is CCCNC(Cc1cncc(Br)c1)c1cc(Cl)sc1Cl. The second-order valence-electron chi connectivity index (χ2n) is 4.50. The molecule has 2 rings (SSSR count). The van der Waals surface area contributed by atoms with Crippen LogP contribution in [-0.4, -0.2) is 11.5 Å². The van der Waals surface area contributed by atoms with Crippen LogP contribution in [0.2, 0.25) is 8.67 Å². The number of hydrogen-bond donors (Lipinski definition) is 1. The van der Waals surface area contributed by atoms with Crippen LogP contribution in [0.5, 0.6) is 0 Å². The van der Waals surface area contributed by atoms with Gasteiger partial charge in [-0.05, 0) is 53.0 Å². The van der Waals surface area contributed by atoms with Crippen LogP contribution < -0.4 is 5.32 Å². The Hall–Kier alpha value is -0.130. The maximum absolute atomic E-state index is 6.29. The largest absolute Gasteiger partial charge is 0.310 e. The standard InChI is InChI=1S/C14H15BrCl2N2S/c1-2-3-19-12(11-6-13(16)20-14(11)17)5-9-4-10(15)8-18-7-9/h4,6-8,12,19H,2-3,5H2,1H3. The fourth-order valence-electron chi connectivity index (χ4n) is 2.00. The normalized spacial score (nSPS) is 12.6. The van der Waals surface area contributed by atoms with Gasteiger partial charge in [0.1, 0.15) is 0 Å². The lowest BCUT2D eigenvalue weighted by Gasteiger charge is -2.18. The number of thiophene rings is 1. The Morgan fingerprint density at radius 1 is 1.35 bits per heavy atom. The van der Waals surface area contributed by atoms with Gasteiger partial charge in [0.05, 0.1) is 8.67 Å². The van der Waals surface area contributed by atoms with E-state index in [1.807, 2.05) is 12.3 Å². The van der Waals surface area contributed by atoms with Gasteiger partial charge in [0, 0.05) is 28.5 Å². The predicted octanol–water partition coefficient (Wildman–Crippen LogP) is 5.50. The first-order valence-corrected chi connectivity index (χ1v) is 8.74. The van der Waals surface area contributed by atoms with Gasteiger partial charge in [-0.2, -0.15) is 0 Å². The molecule has 0 aliphatic heterocycles. The molecule has 6 heteroatoms. The number of aromatic nitrogens is 1. The quantitative estimate of drug-likeness (QED) is 0.701. The Bertz CT molecular complexity index is 574. The molecule has 2 aromatic heterocycles. The highest BCUT2D eigenvalue weighted by atomic mass is 79.9. The number of hydrogen-bond acceptors (Lipinski definition) is 3. The van der Waals surface area contributed by atoms with E-state index in [9.17, 15) is 0 Å². The van der Waals surface area contributed by atoms with Crippen LogP contribution in [0.4, 0.5) is 0 Å². The molecule has 0 saturated carbocycles. The molecule has 0 amide bonds. The average molecular weight is 394 g/mol. The minimum Gasteiger partial charge on any atom is -0.310 e. The predicted molar refractivity (Wildman–Crippen MR) is 91.0 cm³/mol. The van der Waals surface area contributed by atoms with Crippen LogP contribution in [0.1, 0.15) is 30.5 Å². The van der Waals surface area contributed by atoms with Gasteiger partial charge in [-0.3, -0.25) is 4.98 Å². The molecule has 108 valence electrons. The molecule has 20 heavy (non-hydrogen) atoms. The zero-order valence-electron chi connectivity index (χ0n) is 11.0. The number of rotatable bonds is 6. The highest BCUT2D eigenvalue weighted by Gasteiger charge is 2.18. The summed E-state index contributed by atoms with van der Waals surface area (Å²) in [6, 6.07) is 4.19. The van der Waals surface area contributed by atoms with E-state index in [4.69, 9.17) is 23.2 Å². The average Bonchev–Trinajstić information content (AvgIpc) is 2.73. The second kappa shape index (κ2) is 7.76. The molecule has 0 aliphatic rings. The fraction of sp³-hybridized carbons (Fsp3) is 0.357. The highest BCUT2D eigenvalue weighted by molar-refractivity contribution is 9.10. The maximum Gasteiger partial charge on any atom is 0.0992 e. The molecule has 0 bridgehead atoms. The van der Waals surface area contributed by atoms with Crippen molar-refractivity contribution in [3.8, 4) is 0 Å². The Morgan fingerprint density at radius 3 is 2.75 bits per heavy atom. The highest BCUT2D eigenvalue weighted by Crippen LogP contribution is 2.36. The summed E-state index contributed by atoms with van der Waals surface area (Å²) in [6.07, 6.45) is 5.57. The van der Waals surface area contributed by atoms with E-state index in [-0.39, 0.29) is 6.04 Å². The maximum atomic E-state index is 6.29. The molecule has 0 fully saturated rings. The third kappa shape index (κ3) is 4.43. The molecule has 0 spiro atoms. The van der Waals surface area contributed by atoms with Gasteiger partial charge in [-0.25, -0.2) is 0 Å². The zero-order chi connectivity index (χ0) is 14.5. The summed E-state index contributed by atoms with van der Waals surface area (Å²) in [7, 11) is 0. The van der Waals surface area contributed by atoms with Gasteiger partial charge in [0.15, 0.2) is 0 Å². The summed E-state index contributed by atoms with van der Waals surface area (Å²) in [5.41, 5.74) is 2.22. The fourth-order valence-corrected chi connectivity index (χ4v) is 4.00. The third-order valence-electron chi connectivity index (χ3n) is 2.90. The van der Waals surface area contributed by atoms with E-state index in [2.05, 4.69) is 39.2 Å². The molecule has 1 N–H and O–H groups in total. The van der Waals surface area contributed by atoms with Crippen LogP contribution in [0.3, 0.4) is 0 Å². The Morgan fingerprint density at radius 2 is 2.15 bits per heavy atom. The summed E-state index contributed by atoms with van der Waals surface area (Å²) < 4.78 is 2.46. The van der Waals surface area contributed by atoms with Gasteiger partial charge < -0.3 is 5.32 Å². The first-order valence-electron chi connectivity index (χ1n) is 6.37. The van der Waals surface area contributed by atoms with E-state index in [1.54, 1.807) is 6.20 Å². The van der Waals surface area contributed by atoms with Crippen LogP contribution in [0.25, 0.3) is 0 Å². The van der Waals surface area contributed by atoms with Gasteiger partial charge >= 0.3 is 0 Å². The first kappa shape index (κ1) is 16.2. The molecule has 0 aromatic carbocycles. The van der Waals surface area contributed by atoms with Crippen molar-refractivity contribution in [2.45, 2.75) is 25.8 Å². The topological polar surface area (TPSA) is 24.9 Å². The van der Waals surface area contributed by atoms with Crippen LogP contribution in [-0.2, 0) is 6.42 Å². The summed E-state index contributed by atoms with van der Waals surface area (Å²) in [6.45, 7) is 3.09. The Labute approximate surface area is 141 Å². The molecule has 0 aliphatic carbocycles. The molecule has 2 heterocycles. The van der Waals surface area contributed by atoms with Crippen LogP contribution in [0, 0.1) is 0 Å².